The van der Waals surface area contributed by atoms with Gasteiger partial charge in [0.1, 0.15) is 11.5 Å². The van der Waals surface area contributed by atoms with Crippen LogP contribution in [-0.4, -0.2) is 29.6 Å². The number of nitrogen functional groups attached to an aromatic ring is 1. The Morgan fingerprint density at radius 2 is 1.83 bits per heavy atom. The molecule has 1 atom stereocenters. The molecule has 3 rings (SSSR count). The van der Waals surface area contributed by atoms with Crippen LogP contribution in [0.4, 0.5) is 14.7 Å². The summed E-state index contributed by atoms with van der Waals surface area (Å²) in [6.45, 7) is 0.241. The zero-order valence-electron chi connectivity index (χ0n) is 12.6. The predicted octanol–water partition coefficient (Wildman–Crippen LogP) is 3.16. The van der Waals surface area contributed by atoms with Crippen LogP contribution in [0.15, 0.2) is 30.6 Å². The molecule has 1 aromatic heterocycles. The van der Waals surface area contributed by atoms with E-state index in [4.69, 9.17) is 15.2 Å². The highest BCUT2D eigenvalue weighted by molar-refractivity contribution is 5.66. The first kappa shape index (κ1) is 15.5. The van der Waals surface area contributed by atoms with E-state index in [1.54, 1.807) is 31.6 Å². The summed E-state index contributed by atoms with van der Waals surface area (Å²) in [5, 5.41) is 0. The molecule has 0 spiro atoms. The van der Waals surface area contributed by atoms with E-state index in [2.05, 4.69) is 9.97 Å². The second-order valence-corrected chi connectivity index (χ2v) is 5.53. The van der Waals surface area contributed by atoms with Gasteiger partial charge in [-0.2, -0.15) is 0 Å². The molecule has 1 aliphatic rings. The molecule has 0 aliphatic heterocycles. The molecule has 2 N–H and O–H groups in total. The Morgan fingerprint density at radius 1 is 1.17 bits per heavy atom. The number of anilines is 1. The standard InChI is InChI=1S/C16H17F2N3O2/c1-22-13-4-10(11-8-20-15(19)21-9-11)5-14(6-13)23-3-2-12-7-16(12,17)18/h4-6,8-9,12H,2-3,7H2,1H3,(H2,19,20,21). The monoisotopic (exact) mass is 321 g/mol. The third-order valence-electron chi connectivity index (χ3n) is 3.81. The highest BCUT2D eigenvalue weighted by atomic mass is 19.3. The van der Waals surface area contributed by atoms with Gasteiger partial charge >= 0.3 is 0 Å². The van der Waals surface area contributed by atoms with E-state index in [1.807, 2.05) is 6.07 Å². The van der Waals surface area contributed by atoms with Crippen LogP contribution in [0, 0.1) is 5.92 Å². The van der Waals surface area contributed by atoms with Gasteiger partial charge in [0.25, 0.3) is 5.92 Å². The fourth-order valence-corrected chi connectivity index (χ4v) is 2.33. The molecule has 7 heteroatoms. The number of benzene rings is 1. The number of aromatic nitrogens is 2. The van der Waals surface area contributed by atoms with Crippen molar-refractivity contribution in [2.24, 2.45) is 5.92 Å². The summed E-state index contributed by atoms with van der Waals surface area (Å²) >= 11 is 0. The number of methoxy groups -OCH3 is 1. The highest BCUT2D eigenvalue weighted by Gasteiger charge is 2.56. The van der Waals surface area contributed by atoms with Gasteiger partial charge in [0.2, 0.25) is 5.95 Å². The van der Waals surface area contributed by atoms with Crippen molar-refractivity contribution in [1.29, 1.82) is 0 Å². The summed E-state index contributed by atoms with van der Waals surface area (Å²) in [4.78, 5) is 7.90. The molecule has 1 fully saturated rings. The molecular formula is C16H17F2N3O2. The molecule has 2 aromatic rings. The number of nitrogens with two attached hydrogens (primary N) is 1. The lowest BCUT2D eigenvalue weighted by Crippen LogP contribution is -2.03. The van der Waals surface area contributed by atoms with Crippen molar-refractivity contribution in [1.82, 2.24) is 9.97 Å². The fraction of sp³-hybridized carbons (Fsp3) is 0.375. The molecule has 122 valence electrons. The van der Waals surface area contributed by atoms with Crippen molar-refractivity contribution in [3.05, 3.63) is 30.6 Å². The van der Waals surface area contributed by atoms with Crippen molar-refractivity contribution >= 4 is 5.95 Å². The summed E-state index contributed by atoms with van der Waals surface area (Å²) in [6.07, 6.45) is 3.50. The molecule has 0 amide bonds. The maximum absolute atomic E-state index is 12.9. The molecule has 0 saturated heterocycles. The topological polar surface area (TPSA) is 70.3 Å². The SMILES string of the molecule is COc1cc(OCCC2CC2(F)F)cc(-c2cnc(N)nc2)c1. The average molecular weight is 321 g/mol. The van der Waals surface area contributed by atoms with E-state index in [1.165, 1.54) is 0 Å². The Labute approximate surface area is 132 Å². The van der Waals surface area contributed by atoms with Crippen molar-refractivity contribution in [2.45, 2.75) is 18.8 Å². The van der Waals surface area contributed by atoms with Gasteiger partial charge in [-0.15, -0.1) is 0 Å². The number of rotatable bonds is 6. The molecule has 1 saturated carbocycles. The van der Waals surface area contributed by atoms with Gasteiger partial charge in [0.05, 0.1) is 13.7 Å². The normalized spacial score (nSPS) is 18.5. The van der Waals surface area contributed by atoms with Crippen LogP contribution in [0.2, 0.25) is 0 Å². The minimum Gasteiger partial charge on any atom is -0.497 e. The van der Waals surface area contributed by atoms with Crippen molar-refractivity contribution in [2.75, 3.05) is 19.5 Å². The van der Waals surface area contributed by atoms with Crippen LogP contribution in [0.3, 0.4) is 0 Å². The number of hydrogen-bond donors (Lipinski definition) is 1. The van der Waals surface area contributed by atoms with Crippen molar-refractivity contribution < 1.29 is 18.3 Å². The van der Waals surface area contributed by atoms with Crippen LogP contribution in [0.25, 0.3) is 11.1 Å². The van der Waals surface area contributed by atoms with E-state index in [0.717, 1.165) is 11.1 Å². The van der Waals surface area contributed by atoms with E-state index >= 15 is 0 Å². The van der Waals surface area contributed by atoms with Crippen LogP contribution in [-0.2, 0) is 0 Å². The molecule has 1 aromatic carbocycles. The first-order valence-corrected chi connectivity index (χ1v) is 7.25. The number of alkyl halides is 2. The number of hydrogen-bond acceptors (Lipinski definition) is 5. The number of halogens is 2. The van der Waals surface area contributed by atoms with Crippen molar-refractivity contribution in [3.8, 4) is 22.6 Å². The Bertz CT molecular complexity index is 692. The minimum absolute atomic E-state index is 0.0392. The fourth-order valence-electron chi connectivity index (χ4n) is 2.33. The number of ether oxygens (including phenoxy) is 2. The van der Waals surface area contributed by atoms with Gasteiger partial charge < -0.3 is 15.2 Å². The molecule has 1 aliphatic carbocycles. The summed E-state index contributed by atoms with van der Waals surface area (Å²) < 4.78 is 36.6. The maximum Gasteiger partial charge on any atom is 0.251 e. The Kier molecular flexibility index (Phi) is 4.02. The van der Waals surface area contributed by atoms with Gasteiger partial charge in [0.15, 0.2) is 0 Å². The molecule has 23 heavy (non-hydrogen) atoms. The molecule has 1 unspecified atom stereocenters. The Balaban J connectivity index is 1.72. The predicted molar refractivity (Wildman–Crippen MR) is 81.6 cm³/mol. The van der Waals surface area contributed by atoms with Gasteiger partial charge in [0, 0.05) is 36.4 Å². The van der Waals surface area contributed by atoms with Crippen LogP contribution in [0.5, 0.6) is 11.5 Å². The smallest absolute Gasteiger partial charge is 0.251 e. The highest BCUT2D eigenvalue weighted by Crippen LogP contribution is 2.50. The summed E-state index contributed by atoms with van der Waals surface area (Å²) in [6, 6.07) is 5.33. The van der Waals surface area contributed by atoms with Gasteiger partial charge in [-0.3, -0.25) is 0 Å². The minimum atomic E-state index is -2.51. The van der Waals surface area contributed by atoms with E-state index in [9.17, 15) is 8.78 Å². The number of nitrogens with zero attached hydrogens (tertiary/aromatic N) is 2. The van der Waals surface area contributed by atoms with E-state index in [0.29, 0.717) is 17.9 Å². The third kappa shape index (κ3) is 3.67. The largest absolute Gasteiger partial charge is 0.497 e. The van der Waals surface area contributed by atoms with Crippen molar-refractivity contribution in [3.63, 3.8) is 0 Å². The van der Waals surface area contributed by atoms with Gasteiger partial charge in [-0.05, 0) is 24.1 Å². The van der Waals surface area contributed by atoms with Crippen LogP contribution in [0.1, 0.15) is 12.8 Å². The lowest BCUT2D eigenvalue weighted by molar-refractivity contribution is 0.0930. The first-order chi connectivity index (χ1) is 11.0. The van der Waals surface area contributed by atoms with Gasteiger partial charge in [-0.25, -0.2) is 18.7 Å². The van der Waals surface area contributed by atoms with Gasteiger partial charge in [-0.1, -0.05) is 0 Å². The van der Waals surface area contributed by atoms with E-state index < -0.39 is 11.8 Å². The molecule has 0 bridgehead atoms. The lowest BCUT2D eigenvalue weighted by Gasteiger charge is -2.11. The Morgan fingerprint density at radius 3 is 2.43 bits per heavy atom. The zero-order chi connectivity index (χ0) is 16.4. The summed E-state index contributed by atoms with van der Waals surface area (Å²) in [7, 11) is 1.55. The summed E-state index contributed by atoms with van der Waals surface area (Å²) in [5.41, 5.74) is 7.04. The Hall–Kier alpha value is -2.44. The zero-order valence-corrected chi connectivity index (χ0v) is 12.6. The molecular weight excluding hydrogens is 304 g/mol. The molecule has 1 heterocycles. The lowest BCUT2D eigenvalue weighted by atomic mass is 10.1. The van der Waals surface area contributed by atoms with E-state index in [-0.39, 0.29) is 19.0 Å². The molecule has 0 radical (unpaired) electrons. The maximum atomic E-state index is 12.9. The second-order valence-electron chi connectivity index (χ2n) is 5.53. The second kappa shape index (κ2) is 5.98. The average Bonchev–Trinajstić information content (AvgIpc) is 3.14. The van der Waals surface area contributed by atoms with Crippen LogP contribution >= 0.6 is 0 Å². The first-order valence-electron chi connectivity index (χ1n) is 7.25. The quantitative estimate of drug-likeness (QED) is 0.885. The molecule has 5 nitrogen and oxygen atoms in total. The van der Waals surface area contributed by atoms with Crippen LogP contribution < -0.4 is 15.2 Å². The third-order valence-corrected chi connectivity index (χ3v) is 3.81. The summed E-state index contributed by atoms with van der Waals surface area (Å²) in [5.74, 6) is -1.72.